The molecule has 0 amide bonds. The van der Waals surface area contributed by atoms with E-state index in [-0.39, 0.29) is 11.9 Å². The van der Waals surface area contributed by atoms with Crippen molar-refractivity contribution in [2.45, 2.75) is 13.0 Å². The Morgan fingerprint density at radius 3 is 2.71 bits per heavy atom. The summed E-state index contributed by atoms with van der Waals surface area (Å²) in [6.07, 6.45) is 0. The lowest BCUT2D eigenvalue weighted by atomic mass is 10.0. The maximum absolute atomic E-state index is 13.4. The Kier molecular flexibility index (Phi) is 3.70. The van der Waals surface area contributed by atoms with Gasteiger partial charge in [-0.25, -0.2) is 4.39 Å². The minimum Gasteiger partial charge on any atom is -0.459 e. The molecule has 0 aliphatic rings. The molecule has 108 valence electrons. The maximum Gasteiger partial charge on any atom is 0.134 e. The second kappa shape index (κ2) is 5.51. The Balaban J connectivity index is 2.15. The Morgan fingerprint density at radius 1 is 1.19 bits per heavy atom. The largest absolute Gasteiger partial charge is 0.459 e. The predicted octanol–water partition coefficient (Wildman–Crippen LogP) is 4.84. The summed E-state index contributed by atoms with van der Waals surface area (Å²) in [4.78, 5) is 0. The van der Waals surface area contributed by atoms with Crippen LogP contribution in [0.3, 0.4) is 0 Å². The second-order valence-corrected chi connectivity index (χ2v) is 5.44. The van der Waals surface area contributed by atoms with Crippen LogP contribution < -0.4 is 5.32 Å². The van der Waals surface area contributed by atoms with E-state index in [9.17, 15) is 4.39 Å². The van der Waals surface area contributed by atoms with Crippen molar-refractivity contribution in [1.82, 2.24) is 5.32 Å². The molecule has 0 radical (unpaired) electrons. The normalized spacial score (nSPS) is 12.8. The molecule has 0 bridgehead atoms. The van der Waals surface area contributed by atoms with E-state index in [2.05, 4.69) is 5.32 Å². The minimum atomic E-state index is -0.262. The van der Waals surface area contributed by atoms with Crippen molar-refractivity contribution in [3.63, 3.8) is 0 Å². The SMILES string of the molecule is CNC(c1cccc(Cl)c1)c1oc2ccc(F)cc2c1C. The highest BCUT2D eigenvalue weighted by molar-refractivity contribution is 6.30. The van der Waals surface area contributed by atoms with Crippen molar-refractivity contribution in [1.29, 1.82) is 0 Å². The van der Waals surface area contributed by atoms with Gasteiger partial charge in [0.2, 0.25) is 0 Å². The number of halogens is 2. The third kappa shape index (κ3) is 2.55. The van der Waals surface area contributed by atoms with Crippen LogP contribution in [0.15, 0.2) is 46.9 Å². The number of hydrogen-bond donors (Lipinski definition) is 1. The zero-order valence-corrected chi connectivity index (χ0v) is 12.5. The zero-order chi connectivity index (χ0) is 15.0. The quantitative estimate of drug-likeness (QED) is 0.749. The summed E-state index contributed by atoms with van der Waals surface area (Å²) in [5.41, 5.74) is 2.63. The van der Waals surface area contributed by atoms with Gasteiger partial charge in [-0.3, -0.25) is 0 Å². The number of nitrogens with one attached hydrogen (secondary N) is 1. The summed E-state index contributed by atoms with van der Waals surface area (Å²) in [6, 6.07) is 12.1. The molecule has 21 heavy (non-hydrogen) atoms. The van der Waals surface area contributed by atoms with E-state index in [0.29, 0.717) is 10.6 Å². The standard InChI is InChI=1S/C17H15ClFNO/c1-10-14-9-13(19)6-7-15(14)21-17(10)16(20-2)11-4-3-5-12(18)8-11/h3-9,16,20H,1-2H3. The molecule has 0 saturated carbocycles. The number of aryl methyl sites for hydroxylation is 1. The molecule has 2 nitrogen and oxygen atoms in total. The topological polar surface area (TPSA) is 25.2 Å². The molecule has 0 aliphatic carbocycles. The van der Waals surface area contributed by atoms with Crippen LogP contribution in [0.4, 0.5) is 4.39 Å². The van der Waals surface area contributed by atoms with Crippen LogP contribution in [0.25, 0.3) is 11.0 Å². The molecule has 0 spiro atoms. The third-order valence-electron chi connectivity index (χ3n) is 3.67. The summed E-state index contributed by atoms with van der Waals surface area (Å²) in [6.45, 7) is 1.94. The first-order chi connectivity index (χ1) is 10.1. The van der Waals surface area contributed by atoms with Crippen LogP contribution in [0.1, 0.15) is 22.9 Å². The first-order valence-electron chi connectivity index (χ1n) is 6.71. The van der Waals surface area contributed by atoms with Gasteiger partial charge in [0.1, 0.15) is 17.2 Å². The molecule has 0 aliphatic heterocycles. The van der Waals surface area contributed by atoms with Gasteiger partial charge in [0.05, 0.1) is 6.04 Å². The molecule has 3 aromatic rings. The highest BCUT2D eigenvalue weighted by Gasteiger charge is 2.21. The Labute approximate surface area is 127 Å². The molecular formula is C17H15ClFNO. The fourth-order valence-corrected chi connectivity index (χ4v) is 2.82. The van der Waals surface area contributed by atoms with E-state index in [1.807, 2.05) is 38.2 Å². The van der Waals surface area contributed by atoms with E-state index in [4.69, 9.17) is 16.0 Å². The first-order valence-corrected chi connectivity index (χ1v) is 7.09. The van der Waals surface area contributed by atoms with Crippen molar-refractivity contribution in [3.05, 3.63) is 70.2 Å². The summed E-state index contributed by atoms with van der Waals surface area (Å²) in [5.74, 6) is 0.516. The van der Waals surface area contributed by atoms with E-state index in [1.165, 1.54) is 12.1 Å². The first kappa shape index (κ1) is 14.1. The van der Waals surface area contributed by atoms with Crippen LogP contribution >= 0.6 is 11.6 Å². The number of rotatable bonds is 3. The summed E-state index contributed by atoms with van der Waals surface area (Å²) in [5, 5.41) is 4.70. The van der Waals surface area contributed by atoms with Gasteiger partial charge in [0.15, 0.2) is 0 Å². The predicted molar refractivity (Wildman–Crippen MR) is 83.3 cm³/mol. The smallest absolute Gasteiger partial charge is 0.134 e. The van der Waals surface area contributed by atoms with Gasteiger partial charge in [-0.1, -0.05) is 23.7 Å². The number of benzene rings is 2. The summed E-state index contributed by atoms with van der Waals surface area (Å²) >= 11 is 6.06. The van der Waals surface area contributed by atoms with Gasteiger partial charge in [0.25, 0.3) is 0 Å². The Bertz CT molecular complexity index is 797. The van der Waals surface area contributed by atoms with Crippen molar-refractivity contribution in [2.75, 3.05) is 7.05 Å². The van der Waals surface area contributed by atoms with Gasteiger partial charge in [0, 0.05) is 16.0 Å². The highest BCUT2D eigenvalue weighted by Crippen LogP contribution is 2.33. The van der Waals surface area contributed by atoms with Crippen LogP contribution in [-0.4, -0.2) is 7.05 Å². The number of hydrogen-bond acceptors (Lipinski definition) is 2. The molecule has 1 N–H and O–H groups in total. The summed E-state index contributed by atoms with van der Waals surface area (Å²) in [7, 11) is 1.86. The molecule has 4 heteroatoms. The van der Waals surface area contributed by atoms with Crippen LogP contribution in [0.2, 0.25) is 5.02 Å². The average Bonchev–Trinajstić information content (AvgIpc) is 2.77. The molecule has 0 saturated heterocycles. The van der Waals surface area contributed by atoms with Crippen molar-refractivity contribution in [2.24, 2.45) is 0 Å². The van der Waals surface area contributed by atoms with E-state index in [1.54, 1.807) is 6.07 Å². The van der Waals surface area contributed by atoms with Crippen molar-refractivity contribution in [3.8, 4) is 0 Å². The van der Waals surface area contributed by atoms with Crippen molar-refractivity contribution < 1.29 is 8.81 Å². The Hall–Kier alpha value is -1.84. The second-order valence-electron chi connectivity index (χ2n) is 5.01. The molecule has 2 aromatic carbocycles. The lowest BCUT2D eigenvalue weighted by Gasteiger charge is -2.15. The molecule has 1 aromatic heterocycles. The molecule has 1 heterocycles. The van der Waals surface area contributed by atoms with E-state index >= 15 is 0 Å². The van der Waals surface area contributed by atoms with Gasteiger partial charge in [-0.05, 0) is 49.9 Å². The molecule has 1 atom stereocenters. The number of furan rings is 1. The third-order valence-corrected chi connectivity index (χ3v) is 3.90. The zero-order valence-electron chi connectivity index (χ0n) is 11.8. The highest BCUT2D eigenvalue weighted by atomic mass is 35.5. The van der Waals surface area contributed by atoms with Gasteiger partial charge in [-0.15, -0.1) is 0 Å². The summed E-state index contributed by atoms with van der Waals surface area (Å²) < 4.78 is 19.3. The van der Waals surface area contributed by atoms with Crippen LogP contribution in [0.5, 0.6) is 0 Å². The molecule has 1 unspecified atom stereocenters. The number of fused-ring (bicyclic) bond motifs is 1. The maximum atomic E-state index is 13.4. The lowest BCUT2D eigenvalue weighted by Crippen LogP contribution is -2.17. The molecule has 0 fully saturated rings. The molecule has 3 rings (SSSR count). The fraction of sp³-hybridized carbons (Fsp3) is 0.176. The molecular weight excluding hydrogens is 289 g/mol. The van der Waals surface area contributed by atoms with Gasteiger partial charge < -0.3 is 9.73 Å². The van der Waals surface area contributed by atoms with Crippen LogP contribution in [0, 0.1) is 12.7 Å². The van der Waals surface area contributed by atoms with Crippen molar-refractivity contribution >= 4 is 22.6 Å². The monoisotopic (exact) mass is 303 g/mol. The lowest BCUT2D eigenvalue weighted by molar-refractivity contribution is 0.487. The van der Waals surface area contributed by atoms with E-state index in [0.717, 1.165) is 22.3 Å². The average molecular weight is 304 g/mol. The van der Waals surface area contributed by atoms with Crippen LogP contribution in [-0.2, 0) is 0 Å². The van der Waals surface area contributed by atoms with E-state index < -0.39 is 0 Å². The minimum absolute atomic E-state index is 0.126. The fourth-order valence-electron chi connectivity index (χ4n) is 2.62. The van der Waals surface area contributed by atoms with Gasteiger partial charge >= 0.3 is 0 Å². The van der Waals surface area contributed by atoms with Gasteiger partial charge in [-0.2, -0.15) is 0 Å². The Morgan fingerprint density at radius 2 is 2.00 bits per heavy atom.